The molecule has 0 N–H and O–H groups in total. The first-order valence-electron chi connectivity index (χ1n) is 3.50. The molecule has 0 saturated heterocycles. The Balaban J connectivity index is 0.000000292. The summed E-state index contributed by atoms with van der Waals surface area (Å²) in [5, 5.41) is 0. The third-order valence-corrected chi connectivity index (χ3v) is 0.979. The highest BCUT2D eigenvalue weighted by Crippen LogP contribution is 2.05. The van der Waals surface area contributed by atoms with Gasteiger partial charge in [-0.2, -0.15) is 0 Å². The number of hydrogen-bond acceptors (Lipinski definition) is 1. The summed E-state index contributed by atoms with van der Waals surface area (Å²) < 4.78 is 4.91. The van der Waals surface area contributed by atoms with Crippen LogP contribution in [0.25, 0.3) is 0 Å². The van der Waals surface area contributed by atoms with Crippen LogP contribution in [0.15, 0.2) is 30.3 Å². The lowest BCUT2D eigenvalue weighted by Gasteiger charge is -1.93. The van der Waals surface area contributed by atoms with E-state index in [2.05, 4.69) is 0 Å². The molecule has 1 nitrogen and oxygen atoms in total. The highest BCUT2D eigenvalue weighted by Gasteiger charge is 1.80. The summed E-state index contributed by atoms with van der Waals surface area (Å²) in [4.78, 5) is 0. The average molecular weight is 173 g/mol. The molecule has 0 aromatic heterocycles. The topological polar surface area (TPSA) is 9.23 Å². The Bertz CT molecular complexity index is 162. The van der Waals surface area contributed by atoms with Gasteiger partial charge in [0, 0.05) is 5.88 Å². The third-order valence-electron chi connectivity index (χ3n) is 0.979. The van der Waals surface area contributed by atoms with Crippen LogP contribution in [-0.2, 0) is 0 Å². The van der Waals surface area contributed by atoms with E-state index in [1.165, 1.54) is 0 Å². The van der Waals surface area contributed by atoms with Crippen molar-refractivity contribution >= 4 is 11.6 Å². The van der Waals surface area contributed by atoms with E-state index in [1.807, 2.05) is 37.3 Å². The van der Waals surface area contributed by atoms with Gasteiger partial charge in [0.1, 0.15) is 5.75 Å². The number of hydrogen-bond donors (Lipinski definition) is 0. The normalized spacial score (nSPS) is 7.91. The summed E-state index contributed by atoms with van der Waals surface area (Å²) in [7, 11) is 1.66. The fourth-order valence-electron chi connectivity index (χ4n) is 0.557. The van der Waals surface area contributed by atoms with Crippen molar-refractivity contribution in [2.75, 3.05) is 13.0 Å². The highest BCUT2D eigenvalue weighted by atomic mass is 35.5. The Hall–Kier alpha value is -0.690. The second-order valence-corrected chi connectivity index (χ2v) is 2.32. The van der Waals surface area contributed by atoms with Gasteiger partial charge in [-0.1, -0.05) is 25.1 Å². The molecule has 1 aromatic rings. The molecule has 2 heteroatoms. The summed E-state index contributed by atoms with van der Waals surface area (Å²) in [6.45, 7) is 1.89. The molecule has 0 aliphatic rings. The molecule has 1 aromatic carbocycles. The van der Waals surface area contributed by atoms with Gasteiger partial charge < -0.3 is 4.74 Å². The fourth-order valence-corrected chi connectivity index (χ4v) is 0.557. The summed E-state index contributed by atoms with van der Waals surface area (Å²) in [6.07, 6.45) is 0. The van der Waals surface area contributed by atoms with Gasteiger partial charge in [0.25, 0.3) is 0 Å². The molecule has 62 valence electrons. The quantitative estimate of drug-likeness (QED) is 0.592. The smallest absolute Gasteiger partial charge is 0.118 e. The van der Waals surface area contributed by atoms with E-state index in [0.29, 0.717) is 0 Å². The van der Waals surface area contributed by atoms with Gasteiger partial charge in [0.2, 0.25) is 0 Å². The summed E-state index contributed by atoms with van der Waals surface area (Å²) in [6, 6.07) is 9.68. The number of para-hydroxylation sites is 1. The molecular weight excluding hydrogens is 160 g/mol. The van der Waals surface area contributed by atoms with E-state index in [4.69, 9.17) is 16.3 Å². The zero-order valence-electron chi connectivity index (χ0n) is 6.88. The number of rotatable bonds is 1. The van der Waals surface area contributed by atoms with E-state index >= 15 is 0 Å². The van der Waals surface area contributed by atoms with Crippen LogP contribution in [0.2, 0.25) is 0 Å². The molecule has 11 heavy (non-hydrogen) atoms. The van der Waals surface area contributed by atoms with Crippen LogP contribution in [0.4, 0.5) is 0 Å². The van der Waals surface area contributed by atoms with Crippen molar-refractivity contribution in [1.82, 2.24) is 0 Å². The van der Waals surface area contributed by atoms with Crippen molar-refractivity contribution in [3.8, 4) is 5.75 Å². The Kier molecular flexibility index (Phi) is 6.95. The molecule has 0 aliphatic heterocycles. The number of benzene rings is 1. The van der Waals surface area contributed by atoms with Crippen LogP contribution in [0.5, 0.6) is 5.75 Å². The highest BCUT2D eigenvalue weighted by molar-refractivity contribution is 6.17. The maximum atomic E-state index is 5.00. The molecule has 0 bridgehead atoms. The first-order valence-corrected chi connectivity index (χ1v) is 4.03. The molecule has 0 amide bonds. The van der Waals surface area contributed by atoms with Crippen molar-refractivity contribution in [3.05, 3.63) is 30.3 Å². The van der Waals surface area contributed by atoms with E-state index < -0.39 is 0 Å². The Labute approximate surface area is 72.9 Å². The molecular formula is C9H13ClO. The number of ether oxygens (including phenoxy) is 1. The van der Waals surface area contributed by atoms with Crippen molar-refractivity contribution in [2.24, 2.45) is 0 Å². The maximum absolute atomic E-state index is 5.00. The van der Waals surface area contributed by atoms with Crippen LogP contribution < -0.4 is 4.74 Å². The molecule has 0 saturated carbocycles. The van der Waals surface area contributed by atoms with Crippen molar-refractivity contribution in [1.29, 1.82) is 0 Å². The zero-order valence-corrected chi connectivity index (χ0v) is 7.64. The minimum atomic E-state index is 0.722. The predicted molar refractivity (Wildman–Crippen MR) is 49.4 cm³/mol. The fraction of sp³-hybridized carbons (Fsp3) is 0.333. The molecule has 0 atom stereocenters. The van der Waals surface area contributed by atoms with Crippen LogP contribution >= 0.6 is 11.6 Å². The Morgan fingerprint density at radius 3 is 2.00 bits per heavy atom. The van der Waals surface area contributed by atoms with E-state index in [9.17, 15) is 0 Å². The SMILES string of the molecule is CCCl.COc1ccccc1. The third kappa shape index (κ3) is 5.74. The monoisotopic (exact) mass is 172 g/mol. The number of methoxy groups -OCH3 is 1. The lowest BCUT2D eigenvalue weighted by atomic mass is 10.3. The van der Waals surface area contributed by atoms with Gasteiger partial charge in [0.05, 0.1) is 7.11 Å². The van der Waals surface area contributed by atoms with Gasteiger partial charge >= 0.3 is 0 Å². The lowest BCUT2D eigenvalue weighted by Crippen LogP contribution is -1.78. The van der Waals surface area contributed by atoms with Crippen LogP contribution in [0.3, 0.4) is 0 Å². The zero-order chi connectivity index (χ0) is 8.53. The van der Waals surface area contributed by atoms with Crippen molar-refractivity contribution in [3.63, 3.8) is 0 Å². The molecule has 1 rings (SSSR count). The summed E-state index contributed by atoms with van der Waals surface area (Å²) in [5.74, 6) is 1.63. The molecule has 0 spiro atoms. The second kappa shape index (κ2) is 7.42. The predicted octanol–water partition coefficient (Wildman–Crippen LogP) is 2.94. The van der Waals surface area contributed by atoms with E-state index in [0.717, 1.165) is 11.6 Å². The van der Waals surface area contributed by atoms with Crippen molar-refractivity contribution in [2.45, 2.75) is 6.92 Å². The van der Waals surface area contributed by atoms with Crippen molar-refractivity contribution < 1.29 is 4.74 Å². The van der Waals surface area contributed by atoms with Gasteiger partial charge in [-0.05, 0) is 12.1 Å². The number of alkyl halides is 1. The largest absolute Gasteiger partial charge is 0.497 e. The minimum Gasteiger partial charge on any atom is -0.497 e. The van der Waals surface area contributed by atoms with Gasteiger partial charge in [-0.15, -0.1) is 11.6 Å². The first kappa shape index (κ1) is 10.3. The van der Waals surface area contributed by atoms with Gasteiger partial charge in [-0.3, -0.25) is 0 Å². The molecule has 0 aliphatic carbocycles. The van der Waals surface area contributed by atoms with Crippen LogP contribution in [0.1, 0.15) is 6.92 Å². The van der Waals surface area contributed by atoms with Gasteiger partial charge in [0.15, 0.2) is 0 Å². The molecule has 0 heterocycles. The van der Waals surface area contributed by atoms with E-state index in [-0.39, 0.29) is 0 Å². The van der Waals surface area contributed by atoms with E-state index in [1.54, 1.807) is 7.11 Å². The summed E-state index contributed by atoms with van der Waals surface area (Å²) >= 11 is 5.00. The average Bonchev–Trinajstić information content (AvgIpc) is 2.08. The Morgan fingerprint density at radius 1 is 1.27 bits per heavy atom. The van der Waals surface area contributed by atoms with Gasteiger partial charge in [-0.25, -0.2) is 0 Å². The van der Waals surface area contributed by atoms with Crippen LogP contribution in [-0.4, -0.2) is 13.0 Å². The standard InChI is InChI=1S/C7H8O.C2H5Cl/c1-8-7-5-3-2-4-6-7;1-2-3/h2-6H,1H3;2H2,1H3. The lowest BCUT2D eigenvalue weighted by molar-refractivity contribution is 0.415. The Morgan fingerprint density at radius 2 is 1.73 bits per heavy atom. The minimum absolute atomic E-state index is 0.722. The van der Waals surface area contributed by atoms with Crippen LogP contribution in [0, 0.1) is 0 Å². The molecule has 0 radical (unpaired) electrons. The molecule has 0 fully saturated rings. The molecule has 0 unspecified atom stereocenters. The number of halogens is 1. The summed E-state index contributed by atoms with van der Waals surface area (Å²) in [5.41, 5.74) is 0. The second-order valence-electron chi connectivity index (χ2n) is 1.78. The first-order chi connectivity index (χ1) is 5.35. The maximum Gasteiger partial charge on any atom is 0.118 e.